The van der Waals surface area contributed by atoms with Crippen LogP contribution >= 0.6 is 0 Å². The number of nitrogens with one attached hydrogen (secondary N) is 1. The molecule has 0 saturated heterocycles. The lowest BCUT2D eigenvalue weighted by Gasteiger charge is -2.08. The van der Waals surface area contributed by atoms with E-state index < -0.39 is 0 Å². The number of hydrogen-bond acceptors (Lipinski definition) is 6. The van der Waals surface area contributed by atoms with E-state index in [9.17, 15) is 4.79 Å². The van der Waals surface area contributed by atoms with Crippen molar-refractivity contribution in [1.82, 2.24) is 25.2 Å². The molecule has 2 aromatic carbocycles. The van der Waals surface area contributed by atoms with Gasteiger partial charge in [0, 0.05) is 24.1 Å². The molecule has 1 N–H and O–H groups in total. The topological polar surface area (TPSA) is 95.1 Å². The molecule has 0 bridgehead atoms. The molecule has 4 aromatic rings. The van der Waals surface area contributed by atoms with Gasteiger partial charge in [0.2, 0.25) is 11.7 Å². The summed E-state index contributed by atoms with van der Waals surface area (Å²) in [5.41, 5.74) is 3.42. The van der Waals surface area contributed by atoms with Gasteiger partial charge >= 0.3 is 0 Å². The molecule has 32 heavy (non-hydrogen) atoms. The zero-order valence-electron chi connectivity index (χ0n) is 18.5. The van der Waals surface area contributed by atoms with Crippen LogP contribution in [0.15, 0.2) is 53.1 Å². The van der Waals surface area contributed by atoms with E-state index in [1.165, 1.54) is 0 Å². The number of aryl methyl sites for hydroxylation is 1. The predicted molar refractivity (Wildman–Crippen MR) is 122 cm³/mol. The van der Waals surface area contributed by atoms with E-state index in [1.807, 2.05) is 69.3 Å². The number of amides is 1. The molecule has 0 radical (unpaired) electrons. The second-order valence-electron chi connectivity index (χ2n) is 7.94. The van der Waals surface area contributed by atoms with Crippen molar-refractivity contribution in [3.8, 4) is 23.0 Å². The van der Waals surface area contributed by atoms with Crippen LogP contribution in [0.4, 0.5) is 0 Å². The van der Waals surface area contributed by atoms with Crippen molar-refractivity contribution < 1.29 is 14.1 Å². The standard InChI is InChI=1S/C24H27N5O3/c1-16(2)31-14-6-13-25-21(30)15-29-20-8-5-4-7-19(20)22(27-29)24-26-23(28-32-24)18-11-9-17(3)10-12-18/h4-5,7-12,16H,6,13-15H2,1-3H3,(H,25,30). The molecule has 2 heterocycles. The molecule has 8 heteroatoms. The number of para-hydroxylation sites is 1. The average molecular weight is 434 g/mol. The van der Waals surface area contributed by atoms with E-state index in [-0.39, 0.29) is 18.6 Å². The molecule has 0 aliphatic rings. The fourth-order valence-corrected chi connectivity index (χ4v) is 3.36. The number of ether oxygens (including phenoxy) is 1. The maximum atomic E-state index is 12.5. The van der Waals surface area contributed by atoms with Gasteiger partial charge in [0.25, 0.3) is 5.89 Å². The molecule has 0 unspecified atom stereocenters. The van der Waals surface area contributed by atoms with Crippen molar-refractivity contribution in [2.45, 2.75) is 39.8 Å². The highest BCUT2D eigenvalue weighted by Gasteiger charge is 2.19. The first-order valence-electron chi connectivity index (χ1n) is 10.8. The Hall–Kier alpha value is -3.52. The summed E-state index contributed by atoms with van der Waals surface area (Å²) in [6, 6.07) is 15.6. The van der Waals surface area contributed by atoms with Crippen molar-refractivity contribution in [2.75, 3.05) is 13.2 Å². The molecular formula is C24H27N5O3. The lowest BCUT2D eigenvalue weighted by atomic mass is 10.1. The van der Waals surface area contributed by atoms with Crippen molar-refractivity contribution in [3.05, 3.63) is 54.1 Å². The number of hydrogen-bond donors (Lipinski definition) is 1. The molecule has 0 atom stereocenters. The van der Waals surface area contributed by atoms with Gasteiger partial charge in [-0.15, -0.1) is 0 Å². The van der Waals surface area contributed by atoms with Gasteiger partial charge in [-0.3, -0.25) is 9.48 Å². The van der Waals surface area contributed by atoms with E-state index >= 15 is 0 Å². The van der Waals surface area contributed by atoms with Crippen molar-refractivity contribution in [3.63, 3.8) is 0 Å². The Morgan fingerprint density at radius 1 is 1.16 bits per heavy atom. The lowest BCUT2D eigenvalue weighted by Crippen LogP contribution is -2.29. The summed E-state index contributed by atoms with van der Waals surface area (Å²) in [5.74, 6) is 0.710. The number of carbonyl (C=O) groups excluding carboxylic acids is 1. The zero-order valence-corrected chi connectivity index (χ0v) is 18.5. The maximum absolute atomic E-state index is 12.5. The van der Waals surface area contributed by atoms with E-state index in [4.69, 9.17) is 9.26 Å². The fraction of sp³-hybridized carbons (Fsp3) is 0.333. The summed E-state index contributed by atoms with van der Waals surface area (Å²) in [6.45, 7) is 7.29. The lowest BCUT2D eigenvalue weighted by molar-refractivity contribution is -0.121. The Balaban J connectivity index is 1.51. The third-order valence-corrected chi connectivity index (χ3v) is 4.98. The van der Waals surface area contributed by atoms with Crippen LogP contribution in [0.1, 0.15) is 25.8 Å². The second kappa shape index (κ2) is 9.74. The van der Waals surface area contributed by atoms with Gasteiger partial charge in [-0.1, -0.05) is 53.2 Å². The summed E-state index contributed by atoms with van der Waals surface area (Å²) in [6.07, 6.45) is 0.953. The third kappa shape index (κ3) is 5.03. The third-order valence-electron chi connectivity index (χ3n) is 4.98. The highest BCUT2D eigenvalue weighted by molar-refractivity contribution is 5.92. The number of fused-ring (bicyclic) bond motifs is 1. The molecule has 0 saturated carbocycles. The van der Waals surface area contributed by atoms with Gasteiger partial charge in [0.15, 0.2) is 5.69 Å². The Morgan fingerprint density at radius 3 is 2.72 bits per heavy atom. The summed E-state index contributed by atoms with van der Waals surface area (Å²) in [5, 5.41) is 12.5. The Labute approximate surface area is 186 Å². The fourth-order valence-electron chi connectivity index (χ4n) is 3.36. The van der Waals surface area contributed by atoms with Gasteiger partial charge in [0.1, 0.15) is 6.54 Å². The molecule has 4 rings (SSSR count). The molecule has 166 valence electrons. The molecular weight excluding hydrogens is 406 g/mol. The molecule has 0 spiro atoms. The molecule has 0 aliphatic carbocycles. The van der Waals surface area contributed by atoms with Crippen LogP contribution in [0, 0.1) is 6.92 Å². The van der Waals surface area contributed by atoms with E-state index in [0.29, 0.717) is 30.6 Å². The van der Waals surface area contributed by atoms with Crippen LogP contribution in [0.2, 0.25) is 0 Å². The van der Waals surface area contributed by atoms with E-state index in [2.05, 4.69) is 20.6 Å². The Kier molecular flexibility index (Phi) is 6.61. The van der Waals surface area contributed by atoms with Crippen molar-refractivity contribution in [2.24, 2.45) is 0 Å². The van der Waals surface area contributed by atoms with E-state index in [0.717, 1.165) is 28.5 Å². The maximum Gasteiger partial charge on any atom is 0.279 e. The zero-order chi connectivity index (χ0) is 22.5. The van der Waals surface area contributed by atoms with Crippen LogP contribution in [-0.4, -0.2) is 45.1 Å². The first kappa shape index (κ1) is 21.7. The van der Waals surface area contributed by atoms with Gasteiger partial charge in [-0.05, 0) is 33.3 Å². The minimum atomic E-state index is -0.111. The SMILES string of the molecule is Cc1ccc(-c2noc(-c3nn(CC(=O)NCCCOC(C)C)c4ccccc34)n2)cc1. The van der Waals surface area contributed by atoms with Gasteiger partial charge in [0.05, 0.1) is 11.6 Å². The minimum Gasteiger partial charge on any atom is -0.379 e. The molecule has 1 amide bonds. The van der Waals surface area contributed by atoms with E-state index in [1.54, 1.807) is 4.68 Å². The number of benzene rings is 2. The van der Waals surface area contributed by atoms with Crippen LogP contribution in [0.25, 0.3) is 33.9 Å². The monoisotopic (exact) mass is 433 g/mol. The quantitative estimate of drug-likeness (QED) is 0.401. The number of nitrogens with zero attached hydrogens (tertiary/aromatic N) is 4. The number of rotatable bonds is 9. The minimum absolute atomic E-state index is 0.102. The first-order chi connectivity index (χ1) is 15.5. The van der Waals surface area contributed by atoms with Gasteiger partial charge in [-0.2, -0.15) is 10.1 Å². The average Bonchev–Trinajstić information content (AvgIpc) is 3.39. The molecule has 0 fully saturated rings. The van der Waals surface area contributed by atoms with Crippen molar-refractivity contribution in [1.29, 1.82) is 0 Å². The molecule has 0 aliphatic heterocycles. The first-order valence-corrected chi connectivity index (χ1v) is 10.8. The summed E-state index contributed by atoms with van der Waals surface area (Å²) in [7, 11) is 0. The van der Waals surface area contributed by atoms with Crippen LogP contribution in [-0.2, 0) is 16.1 Å². The molecule has 8 nitrogen and oxygen atoms in total. The Morgan fingerprint density at radius 2 is 1.94 bits per heavy atom. The van der Waals surface area contributed by atoms with Crippen LogP contribution in [0.5, 0.6) is 0 Å². The van der Waals surface area contributed by atoms with Crippen molar-refractivity contribution >= 4 is 16.8 Å². The van der Waals surface area contributed by atoms with Gasteiger partial charge in [-0.25, -0.2) is 0 Å². The molecule has 2 aromatic heterocycles. The summed E-state index contributed by atoms with van der Waals surface area (Å²) < 4.78 is 12.7. The smallest absolute Gasteiger partial charge is 0.279 e. The normalized spacial score (nSPS) is 11.4. The Bertz CT molecular complexity index is 1190. The summed E-state index contributed by atoms with van der Waals surface area (Å²) in [4.78, 5) is 17.0. The second-order valence-corrected chi connectivity index (χ2v) is 7.94. The highest BCUT2D eigenvalue weighted by Crippen LogP contribution is 2.28. The highest BCUT2D eigenvalue weighted by atomic mass is 16.5. The van der Waals surface area contributed by atoms with Crippen LogP contribution < -0.4 is 5.32 Å². The number of aromatic nitrogens is 4. The summed E-state index contributed by atoms with van der Waals surface area (Å²) >= 11 is 0. The van der Waals surface area contributed by atoms with Crippen LogP contribution in [0.3, 0.4) is 0 Å². The van der Waals surface area contributed by atoms with Gasteiger partial charge < -0.3 is 14.6 Å². The predicted octanol–water partition coefficient (Wildman–Crippen LogP) is 3.99. The largest absolute Gasteiger partial charge is 0.379 e. The number of carbonyl (C=O) groups is 1.